The van der Waals surface area contributed by atoms with Crippen LogP contribution in [0.4, 0.5) is 13.2 Å². The summed E-state index contributed by atoms with van der Waals surface area (Å²) in [5.41, 5.74) is 1.15. The maximum absolute atomic E-state index is 12.2. The lowest BCUT2D eigenvalue weighted by atomic mass is 9.64. The Morgan fingerprint density at radius 2 is 1.62 bits per heavy atom. The maximum atomic E-state index is 12.2. The lowest BCUT2D eigenvalue weighted by molar-refractivity contribution is -0.274. The highest BCUT2D eigenvalue weighted by Crippen LogP contribution is 2.47. The van der Waals surface area contributed by atoms with E-state index in [0.717, 1.165) is 29.7 Å². The van der Waals surface area contributed by atoms with E-state index >= 15 is 0 Å². The minimum absolute atomic E-state index is 0.133. The van der Waals surface area contributed by atoms with Gasteiger partial charge in [-0.1, -0.05) is 24.3 Å². The SMILES string of the molecule is CC=C[C@@H]1CC[C@@H]2CC(c3ccc(OC(F)(F)F)cc3)CC[C@@H]2C1. The molecule has 2 aliphatic carbocycles. The first-order chi connectivity index (χ1) is 11.4. The van der Waals surface area contributed by atoms with E-state index in [1.54, 1.807) is 12.1 Å². The van der Waals surface area contributed by atoms with E-state index < -0.39 is 6.36 Å². The molecule has 2 saturated carbocycles. The van der Waals surface area contributed by atoms with Crippen LogP contribution in [0.15, 0.2) is 36.4 Å². The summed E-state index contributed by atoms with van der Waals surface area (Å²) in [5.74, 6) is 2.68. The molecule has 0 bridgehead atoms. The van der Waals surface area contributed by atoms with Gasteiger partial charge in [-0.3, -0.25) is 0 Å². The van der Waals surface area contributed by atoms with Crippen molar-refractivity contribution in [2.75, 3.05) is 0 Å². The average Bonchev–Trinajstić information content (AvgIpc) is 2.54. The summed E-state index contributed by atoms with van der Waals surface area (Å²) in [6.07, 6.45) is 7.32. The molecule has 0 aromatic heterocycles. The van der Waals surface area contributed by atoms with Crippen LogP contribution >= 0.6 is 0 Å². The van der Waals surface area contributed by atoms with E-state index in [1.807, 2.05) is 0 Å². The Kier molecular flexibility index (Phi) is 5.21. The predicted molar refractivity (Wildman–Crippen MR) is 88.9 cm³/mol. The van der Waals surface area contributed by atoms with E-state index in [0.29, 0.717) is 5.92 Å². The second-order valence-corrected chi connectivity index (χ2v) is 7.25. The van der Waals surface area contributed by atoms with Gasteiger partial charge in [-0.25, -0.2) is 0 Å². The molecule has 0 radical (unpaired) electrons. The van der Waals surface area contributed by atoms with Crippen LogP contribution in [0, 0.1) is 17.8 Å². The van der Waals surface area contributed by atoms with Crippen molar-refractivity contribution in [2.24, 2.45) is 17.8 Å². The van der Waals surface area contributed by atoms with Crippen molar-refractivity contribution in [1.29, 1.82) is 0 Å². The van der Waals surface area contributed by atoms with Gasteiger partial charge < -0.3 is 4.74 Å². The Morgan fingerprint density at radius 1 is 0.958 bits per heavy atom. The van der Waals surface area contributed by atoms with E-state index in [2.05, 4.69) is 23.8 Å². The quantitative estimate of drug-likeness (QED) is 0.575. The van der Waals surface area contributed by atoms with Crippen LogP contribution in [-0.4, -0.2) is 6.36 Å². The molecule has 0 aliphatic heterocycles. The fraction of sp³-hybridized carbons (Fsp3) is 0.600. The third-order valence-corrected chi connectivity index (χ3v) is 5.70. The molecular formula is C20H25F3O. The average molecular weight is 338 g/mol. The topological polar surface area (TPSA) is 9.23 Å². The summed E-state index contributed by atoms with van der Waals surface area (Å²) in [6, 6.07) is 6.49. The number of fused-ring (bicyclic) bond motifs is 1. The molecule has 1 aromatic carbocycles. The van der Waals surface area contributed by atoms with Gasteiger partial charge in [0.05, 0.1) is 0 Å². The van der Waals surface area contributed by atoms with Crippen LogP contribution in [0.3, 0.4) is 0 Å². The second kappa shape index (κ2) is 7.20. The van der Waals surface area contributed by atoms with Gasteiger partial charge in [-0.15, -0.1) is 13.2 Å². The summed E-state index contributed by atoms with van der Waals surface area (Å²) in [5, 5.41) is 0. The monoisotopic (exact) mass is 338 g/mol. The fourth-order valence-electron chi connectivity index (χ4n) is 4.62. The maximum Gasteiger partial charge on any atom is 0.573 e. The highest BCUT2D eigenvalue weighted by atomic mass is 19.4. The van der Waals surface area contributed by atoms with Gasteiger partial charge >= 0.3 is 6.36 Å². The zero-order valence-electron chi connectivity index (χ0n) is 14.1. The third kappa shape index (κ3) is 4.34. The predicted octanol–water partition coefficient (Wildman–Crippen LogP) is 6.46. The molecule has 2 aliphatic rings. The first kappa shape index (κ1) is 17.4. The minimum Gasteiger partial charge on any atom is -0.406 e. The van der Waals surface area contributed by atoms with Gasteiger partial charge in [0.25, 0.3) is 0 Å². The standard InChI is InChI=1S/C20H25F3O/c1-2-3-14-4-5-18-13-17(7-6-16(18)12-14)15-8-10-19(11-9-15)24-20(21,22)23/h2-3,8-11,14,16-18H,4-7,12-13H2,1H3/t14-,16-,17?,18-/m1/s1. The van der Waals surface area contributed by atoms with E-state index in [-0.39, 0.29) is 5.75 Å². The van der Waals surface area contributed by atoms with Gasteiger partial charge in [-0.05, 0) is 86.8 Å². The summed E-state index contributed by atoms with van der Waals surface area (Å²) >= 11 is 0. The second-order valence-electron chi connectivity index (χ2n) is 7.25. The number of rotatable bonds is 3. The largest absolute Gasteiger partial charge is 0.573 e. The number of hydrogen-bond donors (Lipinski definition) is 0. The molecule has 24 heavy (non-hydrogen) atoms. The molecule has 4 atom stereocenters. The highest BCUT2D eigenvalue weighted by Gasteiger charge is 2.35. The number of allylic oxidation sites excluding steroid dienone is 2. The van der Waals surface area contributed by atoms with Crippen LogP contribution in [-0.2, 0) is 0 Å². The first-order valence-electron chi connectivity index (χ1n) is 8.93. The van der Waals surface area contributed by atoms with Crippen molar-refractivity contribution in [3.05, 3.63) is 42.0 Å². The van der Waals surface area contributed by atoms with Gasteiger partial charge in [0, 0.05) is 0 Å². The van der Waals surface area contributed by atoms with Crippen LogP contribution in [0.1, 0.15) is 56.9 Å². The fourth-order valence-corrected chi connectivity index (χ4v) is 4.62. The molecule has 0 heterocycles. The van der Waals surface area contributed by atoms with Crippen molar-refractivity contribution >= 4 is 0 Å². The molecule has 0 amide bonds. The molecule has 1 aromatic rings. The van der Waals surface area contributed by atoms with Gasteiger partial charge in [0.2, 0.25) is 0 Å². The van der Waals surface area contributed by atoms with E-state index in [1.165, 1.54) is 44.2 Å². The van der Waals surface area contributed by atoms with Crippen molar-refractivity contribution in [1.82, 2.24) is 0 Å². The molecule has 0 N–H and O–H groups in total. The minimum atomic E-state index is -4.62. The van der Waals surface area contributed by atoms with Crippen LogP contribution < -0.4 is 4.74 Å². The normalized spacial score (nSPS) is 31.0. The third-order valence-electron chi connectivity index (χ3n) is 5.70. The smallest absolute Gasteiger partial charge is 0.406 e. The van der Waals surface area contributed by atoms with Crippen molar-refractivity contribution < 1.29 is 17.9 Å². The highest BCUT2D eigenvalue weighted by molar-refractivity contribution is 5.30. The van der Waals surface area contributed by atoms with Crippen molar-refractivity contribution in [2.45, 2.75) is 57.7 Å². The summed E-state index contributed by atoms with van der Waals surface area (Å²) in [7, 11) is 0. The zero-order valence-corrected chi connectivity index (χ0v) is 14.1. The molecular weight excluding hydrogens is 313 g/mol. The summed E-state index contributed by atoms with van der Waals surface area (Å²) < 4.78 is 40.7. The lowest BCUT2D eigenvalue weighted by Crippen LogP contribution is -2.30. The van der Waals surface area contributed by atoms with Crippen LogP contribution in [0.5, 0.6) is 5.75 Å². The molecule has 3 rings (SSSR count). The van der Waals surface area contributed by atoms with Gasteiger partial charge in [-0.2, -0.15) is 0 Å². The first-order valence-corrected chi connectivity index (χ1v) is 8.93. The lowest BCUT2D eigenvalue weighted by Gasteiger charge is -2.41. The van der Waals surface area contributed by atoms with Gasteiger partial charge in [0.1, 0.15) is 5.75 Å². The van der Waals surface area contributed by atoms with Crippen molar-refractivity contribution in [3.63, 3.8) is 0 Å². The number of ether oxygens (including phenoxy) is 1. The number of halogens is 3. The van der Waals surface area contributed by atoms with E-state index in [4.69, 9.17) is 0 Å². The Morgan fingerprint density at radius 3 is 2.29 bits per heavy atom. The summed E-state index contributed by atoms with van der Waals surface area (Å²) in [4.78, 5) is 0. The van der Waals surface area contributed by atoms with E-state index in [9.17, 15) is 13.2 Å². The number of benzene rings is 1. The molecule has 0 spiro atoms. The molecule has 4 heteroatoms. The van der Waals surface area contributed by atoms with Crippen molar-refractivity contribution in [3.8, 4) is 5.75 Å². The molecule has 132 valence electrons. The number of alkyl halides is 3. The number of hydrogen-bond acceptors (Lipinski definition) is 1. The molecule has 0 saturated heterocycles. The Hall–Kier alpha value is -1.45. The Labute approximate surface area is 141 Å². The van der Waals surface area contributed by atoms with Gasteiger partial charge in [0.15, 0.2) is 0 Å². The van der Waals surface area contributed by atoms with Crippen LogP contribution in [0.25, 0.3) is 0 Å². The molecule has 2 fully saturated rings. The Bertz CT molecular complexity index is 561. The zero-order chi connectivity index (χ0) is 17.2. The summed E-state index contributed by atoms with van der Waals surface area (Å²) in [6.45, 7) is 2.09. The molecule has 1 nitrogen and oxygen atoms in total. The molecule has 1 unspecified atom stereocenters. The van der Waals surface area contributed by atoms with Crippen LogP contribution in [0.2, 0.25) is 0 Å². The Balaban J connectivity index is 1.60.